The predicted molar refractivity (Wildman–Crippen MR) is 101 cm³/mol. The summed E-state index contributed by atoms with van der Waals surface area (Å²) in [6.07, 6.45) is 2.32. The maximum atomic E-state index is 12.7. The molecule has 0 fully saturated rings. The van der Waals surface area contributed by atoms with Gasteiger partial charge in [-0.2, -0.15) is 0 Å². The molecular weight excluding hydrogens is 294 g/mol. The minimum Gasteiger partial charge on any atom is -0.309 e. The van der Waals surface area contributed by atoms with E-state index in [2.05, 4.69) is 70.2 Å². The van der Waals surface area contributed by atoms with Gasteiger partial charge in [-0.15, -0.1) is 0 Å². The first-order chi connectivity index (χ1) is 11.4. The van der Waals surface area contributed by atoms with Crippen molar-refractivity contribution in [2.24, 2.45) is 0 Å². The molecule has 0 N–H and O–H groups in total. The van der Waals surface area contributed by atoms with Crippen molar-refractivity contribution in [3.05, 3.63) is 65.2 Å². The van der Waals surface area contributed by atoms with Crippen LogP contribution in [-0.2, 0) is 23.1 Å². The summed E-state index contributed by atoms with van der Waals surface area (Å²) in [6, 6.07) is 17.2. The van der Waals surface area contributed by atoms with Gasteiger partial charge in [0, 0.05) is 18.2 Å². The van der Waals surface area contributed by atoms with Gasteiger partial charge in [0.05, 0.1) is 0 Å². The van der Waals surface area contributed by atoms with Gasteiger partial charge in [0.2, 0.25) is 5.91 Å². The van der Waals surface area contributed by atoms with Crippen LogP contribution in [0.4, 0.5) is 5.69 Å². The van der Waals surface area contributed by atoms with Gasteiger partial charge in [-0.25, -0.2) is 0 Å². The molecule has 0 saturated heterocycles. The van der Waals surface area contributed by atoms with E-state index in [-0.39, 0.29) is 17.4 Å². The second-order valence-corrected chi connectivity index (χ2v) is 7.89. The Morgan fingerprint density at radius 2 is 1.75 bits per heavy atom. The molecule has 1 heterocycles. The van der Waals surface area contributed by atoms with E-state index in [0.717, 1.165) is 18.5 Å². The van der Waals surface area contributed by atoms with Gasteiger partial charge in [0.15, 0.2) is 0 Å². The topological polar surface area (TPSA) is 20.3 Å². The fourth-order valence-electron chi connectivity index (χ4n) is 3.49. The lowest BCUT2D eigenvalue weighted by Crippen LogP contribution is -2.35. The molecule has 3 rings (SSSR count). The van der Waals surface area contributed by atoms with Gasteiger partial charge in [-0.1, -0.05) is 63.2 Å². The molecule has 2 aromatic rings. The SMILES string of the molecule is C[C@H]1Cc2ccccc2N1C(=O)CCc1ccc(C(C)(C)C)cc1. The molecule has 0 spiro atoms. The molecular formula is C22H27NO. The highest BCUT2D eigenvalue weighted by Crippen LogP contribution is 2.32. The van der Waals surface area contributed by atoms with E-state index in [1.54, 1.807) is 0 Å². The number of carbonyl (C=O) groups excluding carboxylic acids is 1. The summed E-state index contributed by atoms with van der Waals surface area (Å²) >= 11 is 0. The van der Waals surface area contributed by atoms with Gasteiger partial charge < -0.3 is 4.90 Å². The maximum Gasteiger partial charge on any atom is 0.227 e. The number of benzene rings is 2. The third kappa shape index (κ3) is 3.38. The monoisotopic (exact) mass is 321 g/mol. The predicted octanol–water partition coefficient (Wildman–Crippen LogP) is 4.89. The Morgan fingerprint density at radius 3 is 2.42 bits per heavy atom. The first kappa shape index (κ1) is 16.8. The average molecular weight is 321 g/mol. The normalized spacial score (nSPS) is 17.0. The van der Waals surface area contributed by atoms with Crippen molar-refractivity contribution in [1.82, 2.24) is 0 Å². The summed E-state index contributed by atoms with van der Waals surface area (Å²) in [5.41, 5.74) is 5.12. The van der Waals surface area contributed by atoms with Crippen LogP contribution in [0.3, 0.4) is 0 Å². The van der Waals surface area contributed by atoms with Crippen LogP contribution in [0.2, 0.25) is 0 Å². The fourth-order valence-corrected chi connectivity index (χ4v) is 3.49. The minimum absolute atomic E-state index is 0.170. The molecule has 0 bridgehead atoms. The zero-order valence-corrected chi connectivity index (χ0v) is 15.2. The molecule has 2 aromatic carbocycles. The highest BCUT2D eigenvalue weighted by atomic mass is 16.2. The Hall–Kier alpha value is -2.09. The van der Waals surface area contributed by atoms with Gasteiger partial charge in [-0.3, -0.25) is 4.79 Å². The van der Waals surface area contributed by atoms with Crippen LogP contribution in [0.5, 0.6) is 0 Å². The number of rotatable bonds is 3. The van der Waals surface area contributed by atoms with E-state index in [1.807, 2.05) is 11.0 Å². The van der Waals surface area contributed by atoms with E-state index < -0.39 is 0 Å². The standard InChI is InChI=1S/C22H27NO/c1-16-15-18-7-5-6-8-20(18)23(16)21(24)14-11-17-9-12-19(13-10-17)22(2,3)4/h5-10,12-13,16H,11,14-15H2,1-4H3/t16-/m0/s1. The largest absolute Gasteiger partial charge is 0.309 e. The number of aryl methyl sites for hydroxylation is 1. The Labute approximate surface area is 145 Å². The molecule has 1 aliphatic rings. The number of hydrogen-bond acceptors (Lipinski definition) is 1. The van der Waals surface area contributed by atoms with E-state index in [9.17, 15) is 4.79 Å². The van der Waals surface area contributed by atoms with E-state index in [0.29, 0.717) is 6.42 Å². The Kier molecular flexibility index (Phi) is 4.49. The van der Waals surface area contributed by atoms with Gasteiger partial charge in [0.25, 0.3) is 0 Å². The summed E-state index contributed by atoms with van der Waals surface area (Å²) < 4.78 is 0. The highest BCUT2D eigenvalue weighted by Gasteiger charge is 2.29. The second kappa shape index (κ2) is 6.43. The molecule has 126 valence electrons. The van der Waals surface area contributed by atoms with Crippen molar-refractivity contribution in [3.8, 4) is 0 Å². The lowest BCUT2D eigenvalue weighted by Gasteiger charge is -2.23. The number of para-hydroxylation sites is 1. The van der Waals surface area contributed by atoms with Crippen molar-refractivity contribution in [2.75, 3.05) is 4.90 Å². The lowest BCUT2D eigenvalue weighted by atomic mass is 9.86. The van der Waals surface area contributed by atoms with Crippen molar-refractivity contribution in [3.63, 3.8) is 0 Å². The molecule has 2 heteroatoms. The number of hydrogen-bond donors (Lipinski definition) is 0. The van der Waals surface area contributed by atoms with Crippen LogP contribution in [-0.4, -0.2) is 11.9 Å². The zero-order chi connectivity index (χ0) is 17.3. The summed E-state index contributed by atoms with van der Waals surface area (Å²) in [6.45, 7) is 8.79. The fraction of sp³-hybridized carbons (Fsp3) is 0.409. The summed E-state index contributed by atoms with van der Waals surface area (Å²) in [5.74, 6) is 0.229. The first-order valence-electron chi connectivity index (χ1n) is 8.85. The second-order valence-electron chi connectivity index (χ2n) is 7.89. The van der Waals surface area contributed by atoms with Crippen molar-refractivity contribution < 1.29 is 4.79 Å². The first-order valence-corrected chi connectivity index (χ1v) is 8.85. The number of carbonyl (C=O) groups is 1. The molecule has 24 heavy (non-hydrogen) atoms. The number of fused-ring (bicyclic) bond motifs is 1. The number of amides is 1. The van der Waals surface area contributed by atoms with Crippen LogP contribution >= 0.6 is 0 Å². The van der Waals surface area contributed by atoms with Crippen LogP contribution < -0.4 is 4.90 Å². The maximum absolute atomic E-state index is 12.7. The van der Waals surface area contributed by atoms with Gasteiger partial charge in [0.1, 0.15) is 0 Å². The van der Waals surface area contributed by atoms with Crippen LogP contribution in [0.25, 0.3) is 0 Å². The molecule has 0 saturated carbocycles. The molecule has 1 atom stereocenters. The van der Waals surface area contributed by atoms with Crippen molar-refractivity contribution >= 4 is 11.6 Å². The molecule has 0 unspecified atom stereocenters. The smallest absolute Gasteiger partial charge is 0.227 e. The van der Waals surface area contributed by atoms with E-state index in [1.165, 1.54) is 16.7 Å². The third-order valence-corrected chi connectivity index (χ3v) is 4.92. The molecule has 0 aromatic heterocycles. The molecule has 0 aliphatic carbocycles. The number of anilines is 1. The van der Waals surface area contributed by atoms with Crippen molar-refractivity contribution in [2.45, 2.75) is 58.4 Å². The molecule has 2 nitrogen and oxygen atoms in total. The van der Waals surface area contributed by atoms with Crippen LogP contribution in [0, 0.1) is 0 Å². The lowest BCUT2D eigenvalue weighted by molar-refractivity contribution is -0.118. The number of nitrogens with zero attached hydrogens (tertiary/aromatic N) is 1. The molecule has 0 radical (unpaired) electrons. The van der Waals surface area contributed by atoms with E-state index in [4.69, 9.17) is 0 Å². The Balaban J connectivity index is 1.66. The quantitative estimate of drug-likeness (QED) is 0.788. The Bertz CT molecular complexity index is 724. The minimum atomic E-state index is 0.170. The highest BCUT2D eigenvalue weighted by molar-refractivity contribution is 5.96. The third-order valence-electron chi connectivity index (χ3n) is 4.92. The summed E-state index contributed by atoms with van der Waals surface area (Å²) in [7, 11) is 0. The van der Waals surface area contributed by atoms with Crippen LogP contribution in [0.15, 0.2) is 48.5 Å². The Morgan fingerprint density at radius 1 is 1.08 bits per heavy atom. The zero-order valence-electron chi connectivity index (χ0n) is 15.2. The van der Waals surface area contributed by atoms with Crippen LogP contribution in [0.1, 0.15) is 50.8 Å². The summed E-state index contributed by atoms with van der Waals surface area (Å²) in [4.78, 5) is 14.7. The van der Waals surface area contributed by atoms with Gasteiger partial charge in [-0.05, 0) is 47.9 Å². The van der Waals surface area contributed by atoms with Crippen molar-refractivity contribution in [1.29, 1.82) is 0 Å². The van der Waals surface area contributed by atoms with Gasteiger partial charge >= 0.3 is 0 Å². The summed E-state index contributed by atoms with van der Waals surface area (Å²) in [5, 5.41) is 0. The average Bonchev–Trinajstić information content (AvgIpc) is 2.88. The molecule has 1 amide bonds. The van der Waals surface area contributed by atoms with E-state index >= 15 is 0 Å². The molecule has 1 aliphatic heterocycles.